The van der Waals surface area contributed by atoms with E-state index < -0.39 is 0 Å². The second-order valence-electron chi connectivity index (χ2n) is 4.78. The Bertz CT molecular complexity index is 794. The standard InChI is InChI=1S/C16H13IN4O/c1-10-18-15(21-20-10)11-4-8-14(9-5-11)19-16(22)12-2-6-13(17)7-3-12/h2-9H,1H3,(H,19,22)(H,18,20,21). The molecule has 0 bridgehead atoms. The number of aryl methyl sites for hydroxylation is 1. The number of halogens is 1. The van der Waals surface area contributed by atoms with Gasteiger partial charge in [-0.1, -0.05) is 0 Å². The molecule has 0 saturated carbocycles. The Morgan fingerprint density at radius 1 is 1.09 bits per heavy atom. The zero-order valence-electron chi connectivity index (χ0n) is 11.8. The molecule has 5 nitrogen and oxygen atoms in total. The number of carbonyl (C=O) groups excluding carboxylic acids is 1. The van der Waals surface area contributed by atoms with Crippen molar-refractivity contribution in [2.45, 2.75) is 6.92 Å². The fourth-order valence-corrected chi connectivity index (χ4v) is 2.34. The van der Waals surface area contributed by atoms with Crippen LogP contribution in [0.3, 0.4) is 0 Å². The molecule has 0 atom stereocenters. The van der Waals surface area contributed by atoms with Crippen LogP contribution in [-0.2, 0) is 0 Å². The second kappa shape index (κ2) is 6.27. The smallest absolute Gasteiger partial charge is 0.255 e. The number of aromatic nitrogens is 3. The van der Waals surface area contributed by atoms with Crippen molar-refractivity contribution < 1.29 is 4.79 Å². The van der Waals surface area contributed by atoms with Gasteiger partial charge in [-0.05, 0) is 78.0 Å². The summed E-state index contributed by atoms with van der Waals surface area (Å²) in [5.41, 5.74) is 2.27. The lowest BCUT2D eigenvalue weighted by Gasteiger charge is -2.06. The number of aromatic amines is 1. The second-order valence-corrected chi connectivity index (χ2v) is 6.03. The monoisotopic (exact) mass is 404 g/mol. The van der Waals surface area contributed by atoms with Crippen LogP contribution in [-0.4, -0.2) is 21.1 Å². The third kappa shape index (κ3) is 3.33. The van der Waals surface area contributed by atoms with Crippen LogP contribution >= 0.6 is 22.6 Å². The van der Waals surface area contributed by atoms with E-state index in [1.165, 1.54) is 0 Å². The molecule has 6 heteroatoms. The van der Waals surface area contributed by atoms with Gasteiger partial charge in [-0.15, -0.1) is 0 Å². The molecule has 3 aromatic rings. The van der Waals surface area contributed by atoms with Crippen LogP contribution < -0.4 is 5.32 Å². The lowest BCUT2D eigenvalue weighted by atomic mass is 10.1. The van der Waals surface area contributed by atoms with Gasteiger partial charge in [0, 0.05) is 20.4 Å². The molecule has 1 aromatic heterocycles. The topological polar surface area (TPSA) is 70.7 Å². The summed E-state index contributed by atoms with van der Waals surface area (Å²) in [5.74, 6) is 1.29. The van der Waals surface area contributed by atoms with Crippen molar-refractivity contribution in [1.82, 2.24) is 15.2 Å². The van der Waals surface area contributed by atoms with E-state index in [9.17, 15) is 4.79 Å². The van der Waals surface area contributed by atoms with Gasteiger partial charge in [0.25, 0.3) is 5.91 Å². The summed E-state index contributed by atoms with van der Waals surface area (Å²) < 4.78 is 1.10. The van der Waals surface area contributed by atoms with E-state index >= 15 is 0 Å². The normalized spacial score (nSPS) is 10.5. The Balaban J connectivity index is 1.73. The molecule has 0 aliphatic rings. The van der Waals surface area contributed by atoms with Gasteiger partial charge in [0.1, 0.15) is 5.82 Å². The first-order valence-corrected chi connectivity index (χ1v) is 7.76. The van der Waals surface area contributed by atoms with E-state index in [-0.39, 0.29) is 5.91 Å². The number of amides is 1. The molecule has 2 N–H and O–H groups in total. The fourth-order valence-electron chi connectivity index (χ4n) is 1.98. The number of nitrogens with one attached hydrogen (secondary N) is 2. The molecule has 3 rings (SSSR count). The molecule has 0 spiro atoms. The maximum Gasteiger partial charge on any atom is 0.255 e. The number of hydrogen-bond donors (Lipinski definition) is 2. The van der Waals surface area contributed by atoms with Gasteiger partial charge in [0.05, 0.1) is 0 Å². The fraction of sp³-hybridized carbons (Fsp3) is 0.0625. The molecule has 0 aliphatic carbocycles. The van der Waals surface area contributed by atoms with Crippen molar-refractivity contribution in [3.63, 3.8) is 0 Å². The highest BCUT2D eigenvalue weighted by atomic mass is 127. The molecule has 0 aliphatic heterocycles. The van der Waals surface area contributed by atoms with Gasteiger partial charge in [-0.25, -0.2) is 4.98 Å². The summed E-state index contributed by atoms with van der Waals surface area (Å²) in [5, 5.41) is 9.79. The Morgan fingerprint density at radius 2 is 1.77 bits per heavy atom. The number of nitrogens with zero attached hydrogens (tertiary/aromatic N) is 2. The predicted molar refractivity (Wildman–Crippen MR) is 93.7 cm³/mol. The van der Waals surface area contributed by atoms with Gasteiger partial charge in [-0.3, -0.25) is 9.89 Å². The van der Waals surface area contributed by atoms with Crippen LogP contribution in [0.4, 0.5) is 5.69 Å². The summed E-state index contributed by atoms with van der Waals surface area (Å²) in [7, 11) is 0. The van der Waals surface area contributed by atoms with Gasteiger partial charge in [0.2, 0.25) is 0 Å². The maximum atomic E-state index is 12.1. The first-order chi connectivity index (χ1) is 10.6. The zero-order valence-corrected chi connectivity index (χ0v) is 14.0. The Hall–Kier alpha value is -2.22. The molecule has 0 radical (unpaired) electrons. The first-order valence-electron chi connectivity index (χ1n) is 6.68. The SMILES string of the molecule is Cc1nc(-c2ccc(NC(=O)c3ccc(I)cc3)cc2)n[nH]1. The Kier molecular flexibility index (Phi) is 4.19. The molecule has 2 aromatic carbocycles. The van der Waals surface area contributed by atoms with Crippen LogP contribution in [0.5, 0.6) is 0 Å². The highest BCUT2D eigenvalue weighted by Crippen LogP contribution is 2.18. The molecular weight excluding hydrogens is 391 g/mol. The van der Waals surface area contributed by atoms with Crippen molar-refractivity contribution in [1.29, 1.82) is 0 Å². The van der Waals surface area contributed by atoms with Gasteiger partial charge >= 0.3 is 0 Å². The third-order valence-electron chi connectivity index (χ3n) is 3.10. The van der Waals surface area contributed by atoms with E-state index in [0.717, 1.165) is 20.6 Å². The van der Waals surface area contributed by atoms with E-state index in [0.29, 0.717) is 11.4 Å². The highest BCUT2D eigenvalue weighted by molar-refractivity contribution is 14.1. The first kappa shape index (κ1) is 14.7. The molecule has 0 saturated heterocycles. The summed E-state index contributed by atoms with van der Waals surface area (Å²) >= 11 is 2.21. The highest BCUT2D eigenvalue weighted by Gasteiger charge is 2.07. The van der Waals surface area contributed by atoms with Gasteiger partial charge < -0.3 is 5.32 Å². The number of rotatable bonds is 3. The Morgan fingerprint density at radius 3 is 2.36 bits per heavy atom. The van der Waals surface area contributed by atoms with Crippen molar-refractivity contribution in [2.24, 2.45) is 0 Å². The summed E-state index contributed by atoms with van der Waals surface area (Å²) in [6.07, 6.45) is 0. The minimum absolute atomic E-state index is 0.127. The lowest BCUT2D eigenvalue weighted by Crippen LogP contribution is -2.11. The molecule has 110 valence electrons. The van der Waals surface area contributed by atoms with Crippen LogP contribution in [0.2, 0.25) is 0 Å². The number of benzene rings is 2. The van der Waals surface area contributed by atoms with Crippen molar-refractivity contribution in [3.05, 3.63) is 63.5 Å². The molecule has 22 heavy (non-hydrogen) atoms. The molecule has 0 fully saturated rings. The number of hydrogen-bond acceptors (Lipinski definition) is 3. The van der Waals surface area contributed by atoms with Crippen molar-refractivity contribution in [2.75, 3.05) is 5.32 Å². The predicted octanol–water partition coefficient (Wildman–Crippen LogP) is 3.64. The van der Waals surface area contributed by atoms with Gasteiger partial charge in [0.15, 0.2) is 5.82 Å². The number of carbonyl (C=O) groups is 1. The minimum atomic E-state index is -0.127. The number of H-pyrrole nitrogens is 1. The van der Waals surface area contributed by atoms with E-state index in [1.54, 1.807) is 0 Å². The van der Waals surface area contributed by atoms with E-state index in [2.05, 4.69) is 43.1 Å². The number of anilines is 1. The largest absolute Gasteiger partial charge is 0.322 e. The molecule has 0 unspecified atom stereocenters. The van der Waals surface area contributed by atoms with Crippen LogP contribution in [0.15, 0.2) is 48.5 Å². The summed E-state index contributed by atoms with van der Waals surface area (Å²) in [6, 6.07) is 14.9. The zero-order chi connectivity index (χ0) is 15.5. The van der Waals surface area contributed by atoms with Crippen LogP contribution in [0, 0.1) is 10.5 Å². The Labute approximate surface area is 141 Å². The molecular formula is C16H13IN4O. The van der Waals surface area contributed by atoms with Crippen molar-refractivity contribution >= 4 is 34.2 Å². The third-order valence-corrected chi connectivity index (χ3v) is 3.82. The average Bonchev–Trinajstić information content (AvgIpc) is 2.95. The van der Waals surface area contributed by atoms with E-state index in [4.69, 9.17) is 0 Å². The lowest BCUT2D eigenvalue weighted by molar-refractivity contribution is 0.102. The van der Waals surface area contributed by atoms with Crippen LogP contribution in [0.25, 0.3) is 11.4 Å². The van der Waals surface area contributed by atoms with E-state index in [1.807, 2.05) is 55.5 Å². The van der Waals surface area contributed by atoms with Crippen molar-refractivity contribution in [3.8, 4) is 11.4 Å². The van der Waals surface area contributed by atoms with Gasteiger partial charge in [-0.2, -0.15) is 5.10 Å². The van der Waals surface area contributed by atoms with Crippen LogP contribution in [0.1, 0.15) is 16.2 Å². The maximum absolute atomic E-state index is 12.1. The summed E-state index contributed by atoms with van der Waals surface area (Å²) in [6.45, 7) is 1.85. The molecule has 1 heterocycles. The summed E-state index contributed by atoms with van der Waals surface area (Å²) in [4.78, 5) is 16.4. The average molecular weight is 404 g/mol. The minimum Gasteiger partial charge on any atom is -0.322 e. The molecule has 1 amide bonds. The quantitative estimate of drug-likeness (QED) is 0.655.